The lowest BCUT2D eigenvalue weighted by molar-refractivity contribution is -0.151. The van der Waals surface area contributed by atoms with Gasteiger partial charge in [-0.05, 0) is 89.3 Å². The Labute approximate surface area is 405 Å². The highest BCUT2D eigenvalue weighted by molar-refractivity contribution is 7.98. The first kappa shape index (κ1) is 51.9. The molecule has 1 fully saturated rings. The van der Waals surface area contributed by atoms with Crippen molar-refractivity contribution >= 4 is 58.5 Å². The van der Waals surface area contributed by atoms with Crippen LogP contribution in [0.1, 0.15) is 90.0 Å². The second kappa shape index (κ2) is 24.6. The Morgan fingerprint density at radius 3 is 2.27 bits per heavy atom. The number of pyridine rings is 1. The van der Waals surface area contributed by atoms with Gasteiger partial charge in [0.1, 0.15) is 64.2 Å². The van der Waals surface area contributed by atoms with E-state index in [1.54, 1.807) is 45.0 Å². The highest BCUT2D eigenvalue weighted by Crippen LogP contribution is 2.40. The Hall–Kier alpha value is -6.05. The van der Waals surface area contributed by atoms with Gasteiger partial charge in [0.2, 0.25) is 11.7 Å². The summed E-state index contributed by atoms with van der Waals surface area (Å²) in [6.07, 6.45) is 2.52. The Balaban J connectivity index is 1.14. The monoisotopic (exact) mass is 972 g/mol. The Kier molecular flexibility index (Phi) is 19.1. The zero-order chi connectivity index (χ0) is 48.6. The lowest BCUT2D eigenvalue weighted by atomic mass is 9.96. The lowest BCUT2D eigenvalue weighted by Gasteiger charge is -2.23. The maximum atomic E-state index is 13.1. The van der Waals surface area contributed by atoms with E-state index in [1.807, 2.05) is 29.6 Å². The number of aliphatic hydroxyl groups is 1. The van der Waals surface area contributed by atoms with E-state index in [0.717, 1.165) is 42.2 Å². The number of thiazole rings is 1. The molecule has 2 amide bonds. The Bertz CT molecular complexity index is 2420. The number of nitriles is 2. The molecule has 356 valence electrons. The highest BCUT2D eigenvalue weighted by atomic mass is 35.5. The molecule has 5 rings (SSSR count). The number of ether oxygens (including phenoxy) is 4. The summed E-state index contributed by atoms with van der Waals surface area (Å²) >= 11 is 9.01. The number of benzene rings is 2. The van der Waals surface area contributed by atoms with Crippen molar-refractivity contribution in [3.63, 3.8) is 0 Å². The number of unbranched alkanes of at least 4 members (excludes halogenated alkanes) is 1. The molecule has 4 N–H and O–H groups in total. The molecule has 67 heavy (non-hydrogen) atoms. The molecule has 0 bridgehead atoms. The molecule has 16 nitrogen and oxygen atoms in total. The molecule has 2 aromatic carbocycles. The minimum Gasteiger partial charge on any atom is -0.490 e. The van der Waals surface area contributed by atoms with Crippen LogP contribution in [-0.4, -0.2) is 89.9 Å². The van der Waals surface area contributed by atoms with Crippen LogP contribution < -0.4 is 25.6 Å². The summed E-state index contributed by atoms with van der Waals surface area (Å²) in [6.45, 7) is 13.8. The van der Waals surface area contributed by atoms with E-state index in [0.29, 0.717) is 69.0 Å². The predicted octanol–water partition coefficient (Wildman–Crippen LogP) is 8.46. The van der Waals surface area contributed by atoms with Gasteiger partial charge < -0.3 is 44.9 Å². The van der Waals surface area contributed by atoms with E-state index in [2.05, 4.69) is 39.6 Å². The molecular weight excluding hydrogens is 916 g/mol. The fourth-order valence-electron chi connectivity index (χ4n) is 6.83. The first-order valence-corrected chi connectivity index (χ1v) is 24.1. The summed E-state index contributed by atoms with van der Waals surface area (Å²) in [5, 5.41) is 43.1. The fourth-order valence-corrected chi connectivity index (χ4v) is 8.76. The number of esters is 1. The van der Waals surface area contributed by atoms with Gasteiger partial charge in [-0.1, -0.05) is 47.6 Å². The second-order valence-electron chi connectivity index (χ2n) is 17.0. The molecule has 0 saturated carbocycles. The molecule has 1 aliphatic heterocycles. The van der Waals surface area contributed by atoms with Gasteiger partial charge in [-0.3, -0.25) is 9.59 Å². The molecule has 4 aromatic rings. The number of anilines is 1. The van der Waals surface area contributed by atoms with Crippen molar-refractivity contribution in [3.05, 3.63) is 88.2 Å². The van der Waals surface area contributed by atoms with Gasteiger partial charge in [-0.15, -0.1) is 11.3 Å². The molecule has 0 spiro atoms. The van der Waals surface area contributed by atoms with Crippen LogP contribution in [-0.2, 0) is 29.6 Å². The van der Waals surface area contributed by atoms with Crippen LogP contribution >= 0.6 is 34.7 Å². The number of hydrogen-bond donors (Lipinski definition) is 4. The van der Waals surface area contributed by atoms with Gasteiger partial charge >= 0.3 is 12.1 Å². The number of carbonyl (C=O) groups is 3. The third-order valence-corrected chi connectivity index (χ3v) is 12.0. The van der Waals surface area contributed by atoms with E-state index in [9.17, 15) is 30.0 Å². The average molecular weight is 974 g/mol. The molecule has 2 aromatic heterocycles. The van der Waals surface area contributed by atoms with Gasteiger partial charge in [0.25, 0.3) is 0 Å². The summed E-state index contributed by atoms with van der Waals surface area (Å²) in [5.74, 6) is -0.698. The maximum absolute atomic E-state index is 13.1. The number of alkyl carbamates (subject to hydrolysis) is 1. The number of hydrogen-bond acceptors (Lipinski definition) is 16. The fraction of sp³-hybridized carbons (Fsp3) is 0.438. The van der Waals surface area contributed by atoms with Crippen molar-refractivity contribution in [2.45, 2.75) is 101 Å². The Morgan fingerprint density at radius 1 is 0.925 bits per heavy atom. The van der Waals surface area contributed by atoms with E-state index in [-0.39, 0.29) is 38.5 Å². The third-order valence-electron chi connectivity index (χ3n) is 9.78. The van der Waals surface area contributed by atoms with Crippen molar-refractivity contribution in [1.29, 1.82) is 10.5 Å². The number of nitrogens with one attached hydrogen (secondary N) is 3. The quantitative estimate of drug-likeness (QED) is 0.0180. The third kappa shape index (κ3) is 16.7. The molecular formula is C48H57ClN8O8S2. The SMILES string of the molecule is C=C(NCCCC[C@H](NC(=O)OC(C)(C)C)C(=O)NCCC(=O)OCCOc1ccc(-c2c(C#N)c(SCc3csc(-c4ccc(Cl)cc4)n3)nc(N3CCCC3)c2C#N)cc1)OC(C)(C)O. The van der Waals surface area contributed by atoms with E-state index in [1.165, 1.54) is 36.9 Å². The molecule has 0 aliphatic carbocycles. The number of rotatable bonds is 23. The summed E-state index contributed by atoms with van der Waals surface area (Å²) in [6, 6.07) is 18.3. The van der Waals surface area contributed by atoms with Crippen LogP contribution in [0.4, 0.5) is 10.6 Å². The van der Waals surface area contributed by atoms with Crippen molar-refractivity contribution < 1.29 is 38.4 Å². The van der Waals surface area contributed by atoms with E-state index in [4.69, 9.17) is 40.5 Å². The number of carbonyl (C=O) groups excluding carboxylic acids is 3. The first-order valence-electron chi connectivity index (χ1n) is 21.9. The average Bonchev–Trinajstić information content (AvgIpc) is 3.99. The second-order valence-corrected chi connectivity index (χ2v) is 19.2. The minimum absolute atomic E-state index is 0.0255. The zero-order valence-corrected chi connectivity index (χ0v) is 40.8. The topological polar surface area (TPSA) is 221 Å². The van der Waals surface area contributed by atoms with Crippen LogP contribution in [0.3, 0.4) is 0 Å². The van der Waals surface area contributed by atoms with Crippen molar-refractivity contribution in [1.82, 2.24) is 25.9 Å². The summed E-state index contributed by atoms with van der Waals surface area (Å²) < 4.78 is 21.8. The summed E-state index contributed by atoms with van der Waals surface area (Å²) in [7, 11) is 0. The molecule has 1 aliphatic rings. The molecule has 0 radical (unpaired) electrons. The largest absolute Gasteiger partial charge is 0.490 e. The number of amides is 2. The van der Waals surface area contributed by atoms with Crippen molar-refractivity contribution in [3.8, 4) is 39.6 Å². The van der Waals surface area contributed by atoms with Gasteiger partial charge in [0.15, 0.2) is 5.88 Å². The molecule has 19 heteroatoms. The Morgan fingerprint density at radius 2 is 1.61 bits per heavy atom. The number of thioether (sulfide) groups is 1. The van der Waals surface area contributed by atoms with Gasteiger partial charge in [0, 0.05) is 67.3 Å². The minimum atomic E-state index is -1.38. The number of nitrogens with zero attached hydrogens (tertiary/aromatic N) is 5. The molecule has 0 unspecified atom stereocenters. The molecule has 3 heterocycles. The smallest absolute Gasteiger partial charge is 0.408 e. The first-order chi connectivity index (χ1) is 31.9. The predicted molar refractivity (Wildman–Crippen MR) is 258 cm³/mol. The van der Waals surface area contributed by atoms with Gasteiger partial charge in [-0.25, -0.2) is 14.8 Å². The maximum Gasteiger partial charge on any atom is 0.408 e. The van der Waals surface area contributed by atoms with Crippen LogP contribution in [0.2, 0.25) is 5.02 Å². The highest BCUT2D eigenvalue weighted by Gasteiger charge is 2.27. The van der Waals surface area contributed by atoms with Crippen molar-refractivity contribution in [2.75, 3.05) is 44.3 Å². The van der Waals surface area contributed by atoms with Crippen LogP contribution in [0.25, 0.3) is 21.7 Å². The standard InChI is InChI=1S/C48H57ClN8O8S2/c1-31(64-48(5,6)61)52-21-8-7-11-39(55-46(60)65-47(2,3)4)43(59)53-22-20-40(58)63-26-25-62-36-18-14-32(15-19-36)41-37(27-50)42(57-23-9-10-24-57)56-45(38(41)28-51)67-30-35-29-66-44(54-35)33-12-16-34(49)17-13-33/h12-19,29,39,52,61H,1,7-11,20-26,30H2,2-6H3,(H,53,59)(H,55,60)/t39-/m0/s1. The number of halogens is 1. The van der Waals surface area contributed by atoms with E-state index >= 15 is 0 Å². The van der Waals surface area contributed by atoms with Crippen molar-refractivity contribution in [2.24, 2.45) is 0 Å². The molecule has 1 saturated heterocycles. The van der Waals surface area contributed by atoms with Crippen LogP contribution in [0.15, 0.2) is 71.4 Å². The van der Waals surface area contributed by atoms with E-state index < -0.39 is 35.4 Å². The van der Waals surface area contributed by atoms with Gasteiger partial charge in [-0.2, -0.15) is 10.5 Å². The van der Waals surface area contributed by atoms with Crippen LogP contribution in [0.5, 0.6) is 5.75 Å². The summed E-state index contributed by atoms with van der Waals surface area (Å²) in [4.78, 5) is 50.0. The van der Waals surface area contributed by atoms with Crippen LogP contribution in [0, 0.1) is 22.7 Å². The summed E-state index contributed by atoms with van der Waals surface area (Å²) in [5.41, 5.74) is 2.82. The zero-order valence-electron chi connectivity index (χ0n) is 38.4. The van der Waals surface area contributed by atoms with Gasteiger partial charge in [0.05, 0.1) is 17.7 Å². The number of aromatic nitrogens is 2. The lowest BCUT2D eigenvalue weighted by Crippen LogP contribution is -2.48. The normalized spacial score (nSPS) is 12.9. The molecule has 1 atom stereocenters.